The smallest absolute Gasteiger partial charge is 0.0704 e. The van der Waals surface area contributed by atoms with Crippen LogP contribution < -0.4 is 0 Å². The summed E-state index contributed by atoms with van der Waals surface area (Å²) in [6.07, 6.45) is 5.70. The van der Waals surface area contributed by atoms with Crippen LogP contribution in [-0.2, 0) is 0 Å². The minimum atomic E-state index is 0.531. The van der Waals surface area contributed by atoms with E-state index < -0.39 is 0 Å². The Kier molecular flexibility index (Phi) is 7.51. The van der Waals surface area contributed by atoms with E-state index in [0.29, 0.717) is 11.8 Å². The second-order valence-electron chi connectivity index (χ2n) is 7.98. The summed E-state index contributed by atoms with van der Waals surface area (Å²) in [5, 5.41) is 0. The van der Waals surface area contributed by atoms with Gasteiger partial charge in [-0.25, -0.2) is 0 Å². The van der Waals surface area contributed by atoms with E-state index >= 15 is 0 Å². The lowest BCUT2D eigenvalue weighted by Gasteiger charge is -2.11. The van der Waals surface area contributed by atoms with E-state index in [4.69, 9.17) is 0 Å². The molecule has 2 heterocycles. The fourth-order valence-electron chi connectivity index (χ4n) is 3.34. The molecule has 2 nitrogen and oxygen atoms in total. The molecule has 0 aliphatic rings. The third kappa shape index (κ3) is 5.64. The van der Waals surface area contributed by atoms with Crippen LogP contribution in [0, 0.1) is 0 Å². The van der Waals surface area contributed by atoms with E-state index in [9.17, 15) is 0 Å². The standard InChI is InChI=1S/2C14H15N/c1-11(2)13-8-9-15-10-14(13)12-6-4-3-5-7-12;1-11(2)13-8-9-15-14(10-13)12-6-4-3-5-7-12/h2*3-11H,1-2H3. The first-order valence-corrected chi connectivity index (χ1v) is 10.6. The van der Waals surface area contributed by atoms with Gasteiger partial charge in [-0.1, -0.05) is 88.4 Å². The Balaban J connectivity index is 0.000000171. The summed E-state index contributed by atoms with van der Waals surface area (Å²) in [5.41, 5.74) is 7.42. The maximum atomic E-state index is 4.39. The Morgan fingerprint density at radius 2 is 1.27 bits per heavy atom. The lowest BCUT2D eigenvalue weighted by molar-refractivity contribution is 0.864. The minimum absolute atomic E-state index is 0.531. The minimum Gasteiger partial charge on any atom is -0.264 e. The van der Waals surface area contributed by atoms with E-state index in [-0.39, 0.29) is 0 Å². The Bertz CT molecular complexity index is 1040. The van der Waals surface area contributed by atoms with Gasteiger partial charge in [0.2, 0.25) is 0 Å². The highest BCUT2D eigenvalue weighted by atomic mass is 14.7. The predicted octanol–water partition coefficient (Wildman–Crippen LogP) is 7.74. The lowest BCUT2D eigenvalue weighted by Crippen LogP contribution is -1.92. The fourth-order valence-corrected chi connectivity index (χ4v) is 3.34. The van der Waals surface area contributed by atoms with Gasteiger partial charge >= 0.3 is 0 Å². The third-order valence-corrected chi connectivity index (χ3v) is 5.08. The zero-order valence-corrected chi connectivity index (χ0v) is 18.3. The number of benzene rings is 2. The van der Waals surface area contributed by atoms with Crippen molar-refractivity contribution in [3.63, 3.8) is 0 Å². The van der Waals surface area contributed by atoms with Gasteiger partial charge in [-0.05, 0) is 46.7 Å². The van der Waals surface area contributed by atoms with E-state index in [2.05, 4.69) is 92.3 Å². The van der Waals surface area contributed by atoms with Crippen LogP contribution in [0.25, 0.3) is 22.4 Å². The van der Waals surface area contributed by atoms with Crippen LogP contribution in [0.2, 0.25) is 0 Å². The second kappa shape index (κ2) is 10.5. The molecule has 0 radical (unpaired) electrons. The van der Waals surface area contributed by atoms with Gasteiger partial charge in [0.05, 0.1) is 5.69 Å². The Morgan fingerprint density at radius 1 is 0.633 bits per heavy atom. The van der Waals surface area contributed by atoms with Gasteiger partial charge in [0.25, 0.3) is 0 Å². The van der Waals surface area contributed by atoms with Crippen molar-refractivity contribution in [1.82, 2.24) is 9.97 Å². The van der Waals surface area contributed by atoms with Gasteiger partial charge in [-0.15, -0.1) is 0 Å². The summed E-state index contributed by atoms with van der Waals surface area (Å²) in [6, 6.07) is 27.1. The number of hydrogen-bond acceptors (Lipinski definition) is 2. The summed E-state index contributed by atoms with van der Waals surface area (Å²) in [4.78, 5) is 8.60. The first-order chi connectivity index (χ1) is 14.6. The van der Waals surface area contributed by atoms with Gasteiger partial charge in [-0.3, -0.25) is 9.97 Å². The van der Waals surface area contributed by atoms with Crippen LogP contribution in [0.4, 0.5) is 0 Å². The van der Waals surface area contributed by atoms with Crippen molar-refractivity contribution >= 4 is 0 Å². The second-order valence-corrected chi connectivity index (χ2v) is 7.98. The number of aromatic nitrogens is 2. The normalized spacial score (nSPS) is 10.6. The Labute approximate surface area is 180 Å². The highest BCUT2D eigenvalue weighted by Crippen LogP contribution is 2.27. The Hall–Kier alpha value is -3.26. The molecule has 0 atom stereocenters. The van der Waals surface area contributed by atoms with Crippen molar-refractivity contribution in [2.75, 3.05) is 0 Å². The van der Waals surface area contributed by atoms with Gasteiger partial charge in [0.15, 0.2) is 0 Å². The Morgan fingerprint density at radius 3 is 1.87 bits per heavy atom. The maximum Gasteiger partial charge on any atom is 0.0704 e. The van der Waals surface area contributed by atoms with Crippen LogP contribution in [0.1, 0.15) is 50.7 Å². The molecule has 2 aromatic heterocycles. The molecule has 0 N–H and O–H groups in total. The molecule has 2 heteroatoms. The highest BCUT2D eigenvalue weighted by molar-refractivity contribution is 5.66. The molecule has 0 unspecified atom stereocenters. The summed E-state index contributed by atoms with van der Waals surface area (Å²) in [6.45, 7) is 8.82. The molecule has 0 saturated heterocycles. The lowest BCUT2D eigenvalue weighted by atomic mass is 9.95. The number of rotatable bonds is 4. The summed E-state index contributed by atoms with van der Waals surface area (Å²) < 4.78 is 0. The molecule has 0 saturated carbocycles. The van der Waals surface area contributed by atoms with Crippen LogP contribution >= 0.6 is 0 Å². The number of pyridine rings is 2. The van der Waals surface area contributed by atoms with E-state index in [1.54, 1.807) is 0 Å². The van der Waals surface area contributed by atoms with Gasteiger partial charge in [0.1, 0.15) is 0 Å². The highest BCUT2D eigenvalue weighted by Gasteiger charge is 2.07. The molecular formula is C28H30N2. The summed E-state index contributed by atoms with van der Waals surface area (Å²) in [5.74, 6) is 1.08. The molecule has 0 amide bonds. The molecular weight excluding hydrogens is 364 g/mol. The van der Waals surface area contributed by atoms with Crippen molar-refractivity contribution in [1.29, 1.82) is 0 Å². The van der Waals surface area contributed by atoms with E-state index in [0.717, 1.165) is 5.69 Å². The largest absolute Gasteiger partial charge is 0.264 e. The molecule has 2 aromatic carbocycles. The third-order valence-electron chi connectivity index (χ3n) is 5.08. The zero-order valence-electron chi connectivity index (χ0n) is 18.3. The van der Waals surface area contributed by atoms with Crippen LogP contribution in [0.5, 0.6) is 0 Å². The monoisotopic (exact) mass is 394 g/mol. The van der Waals surface area contributed by atoms with Crippen molar-refractivity contribution in [3.8, 4) is 22.4 Å². The van der Waals surface area contributed by atoms with Crippen molar-refractivity contribution in [3.05, 3.63) is 109 Å². The predicted molar refractivity (Wildman–Crippen MR) is 128 cm³/mol. The quantitative estimate of drug-likeness (QED) is 0.354. The zero-order chi connectivity index (χ0) is 21.3. The maximum absolute atomic E-state index is 4.39. The number of hydrogen-bond donors (Lipinski definition) is 0. The topological polar surface area (TPSA) is 25.8 Å². The first kappa shape index (κ1) is 21.4. The molecule has 4 rings (SSSR count). The molecule has 30 heavy (non-hydrogen) atoms. The molecule has 0 fully saturated rings. The fraction of sp³-hybridized carbons (Fsp3) is 0.214. The van der Waals surface area contributed by atoms with Crippen LogP contribution in [-0.4, -0.2) is 9.97 Å². The van der Waals surface area contributed by atoms with Gasteiger partial charge in [-0.2, -0.15) is 0 Å². The van der Waals surface area contributed by atoms with Crippen LogP contribution in [0.3, 0.4) is 0 Å². The van der Waals surface area contributed by atoms with Crippen molar-refractivity contribution < 1.29 is 0 Å². The van der Waals surface area contributed by atoms with Crippen molar-refractivity contribution in [2.24, 2.45) is 0 Å². The SMILES string of the molecule is CC(C)c1ccnc(-c2ccccc2)c1.CC(C)c1ccncc1-c1ccccc1. The summed E-state index contributed by atoms with van der Waals surface area (Å²) in [7, 11) is 0. The molecule has 0 aliphatic heterocycles. The van der Waals surface area contributed by atoms with E-state index in [1.807, 2.05) is 42.9 Å². The van der Waals surface area contributed by atoms with E-state index in [1.165, 1.54) is 27.8 Å². The van der Waals surface area contributed by atoms with Crippen LogP contribution in [0.15, 0.2) is 97.5 Å². The molecule has 152 valence electrons. The molecule has 0 spiro atoms. The van der Waals surface area contributed by atoms with Gasteiger partial charge < -0.3 is 0 Å². The molecule has 0 aliphatic carbocycles. The molecule has 0 bridgehead atoms. The average molecular weight is 395 g/mol. The number of nitrogens with zero attached hydrogens (tertiary/aromatic N) is 2. The van der Waals surface area contributed by atoms with Gasteiger partial charge in [0, 0.05) is 29.7 Å². The summed E-state index contributed by atoms with van der Waals surface area (Å²) >= 11 is 0. The van der Waals surface area contributed by atoms with Crippen molar-refractivity contribution in [2.45, 2.75) is 39.5 Å². The average Bonchev–Trinajstić information content (AvgIpc) is 2.81. The molecule has 4 aromatic rings. The first-order valence-electron chi connectivity index (χ1n) is 10.6.